The summed E-state index contributed by atoms with van der Waals surface area (Å²) in [5.41, 5.74) is 4.41. The van der Waals surface area contributed by atoms with Crippen molar-refractivity contribution in [1.29, 1.82) is 0 Å². The molecule has 2 aromatic carbocycles. The van der Waals surface area contributed by atoms with Crippen LogP contribution < -0.4 is 10.1 Å². The quantitative estimate of drug-likeness (QED) is 0.591. The Balaban J connectivity index is 1.51. The number of aryl methyl sites for hydroxylation is 1. The first-order valence-corrected chi connectivity index (χ1v) is 11.4. The molecule has 0 radical (unpaired) electrons. The molecule has 1 fully saturated rings. The maximum atomic E-state index is 13.1. The SMILES string of the molecule is COc1ccc([C@@H](CNC(=O)c2sccc2-c2ccc(C)cc2)N2CCOCC2)cc1. The van der Waals surface area contributed by atoms with Gasteiger partial charge in [0.1, 0.15) is 5.75 Å². The van der Waals surface area contributed by atoms with E-state index in [-0.39, 0.29) is 11.9 Å². The van der Waals surface area contributed by atoms with E-state index in [1.54, 1.807) is 7.11 Å². The summed E-state index contributed by atoms with van der Waals surface area (Å²) in [6.45, 7) is 5.72. The fourth-order valence-electron chi connectivity index (χ4n) is 3.89. The van der Waals surface area contributed by atoms with E-state index in [1.807, 2.05) is 23.6 Å². The van der Waals surface area contributed by atoms with Crippen LogP contribution in [-0.4, -0.2) is 50.8 Å². The third kappa shape index (κ3) is 5.15. The predicted octanol–water partition coefficient (Wildman–Crippen LogP) is 4.54. The van der Waals surface area contributed by atoms with E-state index in [0.717, 1.165) is 40.4 Å². The van der Waals surface area contributed by atoms with Crippen molar-refractivity contribution < 1.29 is 14.3 Å². The number of methoxy groups -OCH3 is 1. The number of hydrogen-bond donors (Lipinski definition) is 1. The summed E-state index contributed by atoms with van der Waals surface area (Å²) < 4.78 is 10.8. The number of hydrogen-bond acceptors (Lipinski definition) is 5. The van der Waals surface area contributed by atoms with Gasteiger partial charge < -0.3 is 14.8 Å². The second-order valence-corrected chi connectivity index (χ2v) is 8.59. The number of carbonyl (C=O) groups is 1. The van der Waals surface area contributed by atoms with Gasteiger partial charge in [0.25, 0.3) is 5.91 Å². The lowest BCUT2D eigenvalue weighted by Crippen LogP contribution is -2.43. The highest BCUT2D eigenvalue weighted by atomic mass is 32.1. The third-order valence-corrected chi connectivity index (χ3v) is 6.59. The summed E-state index contributed by atoms with van der Waals surface area (Å²) in [4.78, 5) is 16.2. The van der Waals surface area contributed by atoms with Crippen LogP contribution in [0, 0.1) is 6.92 Å². The zero-order chi connectivity index (χ0) is 21.6. The molecule has 0 aliphatic carbocycles. The molecular formula is C25H28N2O3S. The highest BCUT2D eigenvalue weighted by Crippen LogP contribution is 2.29. The molecule has 31 heavy (non-hydrogen) atoms. The van der Waals surface area contributed by atoms with E-state index in [4.69, 9.17) is 9.47 Å². The Morgan fingerprint density at radius 3 is 2.48 bits per heavy atom. The minimum absolute atomic E-state index is 0.0302. The summed E-state index contributed by atoms with van der Waals surface area (Å²) in [6.07, 6.45) is 0. The third-order valence-electron chi connectivity index (χ3n) is 5.68. The van der Waals surface area contributed by atoms with Gasteiger partial charge in [-0.15, -0.1) is 11.3 Å². The van der Waals surface area contributed by atoms with E-state index >= 15 is 0 Å². The molecule has 4 rings (SSSR count). The van der Waals surface area contributed by atoms with Crippen molar-refractivity contribution in [3.8, 4) is 16.9 Å². The Labute approximate surface area is 187 Å². The highest BCUT2D eigenvalue weighted by Gasteiger charge is 2.24. The number of benzene rings is 2. The zero-order valence-electron chi connectivity index (χ0n) is 18.0. The van der Waals surface area contributed by atoms with Crippen LogP contribution in [0.4, 0.5) is 0 Å². The van der Waals surface area contributed by atoms with E-state index < -0.39 is 0 Å². The number of morpholine rings is 1. The Bertz CT molecular complexity index is 992. The van der Waals surface area contributed by atoms with Crippen LogP contribution in [0.1, 0.15) is 26.8 Å². The van der Waals surface area contributed by atoms with Gasteiger partial charge in [0, 0.05) is 25.2 Å². The molecule has 2 heterocycles. The van der Waals surface area contributed by atoms with Crippen LogP contribution in [0.25, 0.3) is 11.1 Å². The summed E-state index contributed by atoms with van der Waals surface area (Å²) in [6, 6.07) is 18.5. The van der Waals surface area contributed by atoms with Gasteiger partial charge in [-0.1, -0.05) is 42.0 Å². The van der Waals surface area contributed by atoms with Crippen LogP contribution in [0.3, 0.4) is 0 Å². The van der Waals surface area contributed by atoms with Crippen molar-refractivity contribution in [1.82, 2.24) is 10.2 Å². The summed E-state index contributed by atoms with van der Waals surface area (Å²) >= 11 is 1.48. The van der Waals surface area contributed by atoms with Crippen LogP contribution in [-0.2, 0) is 4.74 Å². The van der Waals surface area contributed by atoms with E-state index in [2.05, 4.69) is 53.5 Å². The maximum absolute atomic E-state index is 13.1. The molecule has 1 aliphatic rings. The van der Waals surface area contributed by atoms with Gasteiger partial charge >= 0.3 is 0 Å². The average molecular weight is 437 g/mol. The van der Waals surface area contributed by atoms with E-state index in [1.165, 1.54) is 16.9 Å². The molecular weight excluding hydrogens is 408 g/mol. The van der Waals surface area contributed by atoms with Gasteiger partial charge in [-0.05, 0) is 41.6 Å². The van der Waals surface area contributed by atoms with E-state index in [0.29, 0.717) is 19.8 Å². The minimum atomic E-state index is -0.0302. The van der Waals surface area contributed by atoms with Gasteiger partial charge in [0.05, 0.1) is 31.2 Å². The fraction of sp³-hybridized carbons (Fsp3) is 0.320. The first-order valence-electron chi connectivity index (χ1n) is 10.5. The summed E-state index contributed by atoms with van der Waals surface area (Å²) in [7, 11) is 1.67. The number of nitrogens with zero attached hydrogens (tertiary/aromatic N) is 1. The first-order chi connectivity index (χ1) is 15.2. The van der Waals surface area contributed by atoms with Crippen molar-refractivity contribution >= 4 is 17.2 Å². The summed E-state index contributed by atoms with van der Waals surface area (Å²) in [5.74, 6) is 0.798. The van der Waals surface area contributed by atoms with Gasteiger partial charge in [-0.2, -0.15) is 0 Å². The number of carbonyl (C=O) groups excluding carboxylic acids is 1. The smallest absolute Gasteiger partial charge is 0.262 e. The molecule has 0 saturated carbocycles. The second-order valence-electron chi connectivity index (χ2n) is 7.68. The van der Waals surface area contributed by atoms with Gasteiger partial charge in [-0.25, -0.2) is 0 Å². The Hall–Kier alpha value is -2.67. The Kier molecular flexibility index (Phi) is 7.02. The molecule has 1 aromatic heterocycles. The molecule has 0 unspecified atom stereocenters. The van der Waals surface area contributed by atoms with Crippen molar-refractivity contribution in [3.05, 3.63) is 76.0 Å². The summed E-state index contributed by atoms with van der Waals surface area (Å²) in [5, 5.41) is 5.17. The Morgan fingerprint density at radius 2 is 1.81 bits per heavy atom. The number of nitrogens with one attached hydrogen (secondary N) is 1. The molecule has 5 nitrogen and oxygen atoms in total. The number of thiophene rings is 1. The molecule has 1 amide bonds. The molecule has 0 spiro atoms. The molecule has 0 bridgehead atoms. The molecule has 1 N–H and O–H groups in total. The number of ether oxygens (including phenoxy) is 2. The molecule has 1 atom stereocenters. The van der Waals surface area contributed by atoms with Gasteiger partial charge in [0.15, 0.2) is 0 Å². The topological polar surface area (TPSA) is 50.8 Å². The normalized spacial score (nSPS) is 15.4. The van der Waals surface area contributed by atoms with E-state index in [9.17, 15) is 4.79 Å². The maximum Gasteiger partial charge on any atom is 0.262 e. The molecule has 6 heteroatoms. The van der Waals surface area contributed by atoms with Crippen molar-refractivity contribution in [3.63, 3.8) is 0 Å². The van der Waals surface area contributed by atoms with Crippen molar-refractivity contribution in [2.45, 2.75) is 13.0 Å². The highest BCUT2D eigenvalue weighted by molar-refractivity contribution is 7.12. The fourth-order valence-corrected chi connectivity index (χ4v) is 4.72. The lowest BCUT2D eigenvalue weighted by molar-refractivity contribution is 0.0162. The molecule has 1 aliphatic heterocycles. The molecule has 1 saturated heterocycles. The number of amides is 1. The average Bonchev–Trinajstić information content (AvgIpc) is 3.31. The zero-order valence-corrected chi connectivity index (χ0v) is 18.8. The van der Waals surface area contributed by atoms with Crippen LogP contribution >= 0.6 is 11.3 Å². The van der Waals surface area contributed by atoms with Gasteiger partial charge in [0.2, 0.25) is 0 Å². The lowest BCUT2D eigenvalue weighted by Gasteiger charge is -2.35. The van der Waals surface area contributed by atoms with Crippen molar-refractivity contribution in [2.75, 3.05) is 40.0 Å². The van der Waals surface area contributed by atoms with Gasteiger partial charge in [-0.3, -0.25) is 9.69 Å². The Morgan fingerprint density at radius 1 is 1.10 bits per heavy atom. The largest absolute Gasteiger partial charge is 0.497 e. The van der Waals surface area contributed by atoms with Crippen LogP contribution in [0.5, 0.6) is 5.75 Å². The predicted molar refractivity (Wildman–Crippen MR) is 125 cm³/mol. The monoisotopic (exact) mass is 436 g/mol. The van der Waals surface area contributed by atoms with Crippen LogP contribution in [0.15, 0.2) is 60.0 Å². The first kappa shape index (κ1) is 21.6. The lowest BCUT2D eigenvalue weighted by atomic mass is 10.0. The number of rotatable bonds is 7. The molecule has 162 valence electrons. The van der Waals surface area contributed by atoms with Crippen LogP contribution in [0.2, 0.25) is 0 Å². The minimum Gasteiger partial charge on any atom is -0.497 e. The molecule has 3 aromatic rings. The van der Waals surface area contributed by atoms with Crippen molar-refractivity contribution in [2.24, 2.45) is 0 Å². The second kappa shape index (κ2) is 10.1. The standard InChI is InChI=1S/C25H28N2O3S/c1-18-3-5-19(6-4-18)22-11-16-31-24(22)25(28)26-17-23(27-12-14-30-15-13-27)20-7-9-21(29-2)10-8-20/h3-11,16,23H,12-15,17H2,1-2H3,(H,26,28)/t23-/m1/s1.